The first kappa shape index (κ1) is 24.2. The van der Waals surface area contributed by atoms with Crippen LogP contribution in [0.5, 0.6) is 0 Å². The number of likely N-dealkylation sites (tertiary alicyclic amines) is 1. The molecule has 1 saturated heterocycles. The standard InChI is InChI=1S/C26H28ClN3O3S/c1-4-33-24(31)10-7-14-29(23-12-11-19(27)16-28-23)18(2)26(3)13-15-30(26)25(32)21-17-34-22-9-6-5-8-20(21)22/h5-6,8-9,11-12,16-17H,2,4,7,10,13-15H2,1,3H3. The minimum Gasteiger partial charge on any atom is -0.466 e. The average Bonchev–Trinajstić information content (AvgIpc) is 3.25. The van der Waals surface area contributed by atoms with Gasteiger partial charge in [0.1, 0.15) is 5.82 Å². The zero-order chi connectivity index (χ0) is 24.3. The number of benzene rings is 1. The number of halogens is 1. The van der Waals surface area contributed by atoms with Gasteiger partial charge in [0.05, 0.1) is 22.7 Å². The number of nitrogens with zero attached hydrogens (tertiary/aromatic N) is 3. The van der Waals surface area contributed by atoms with Gasteiger partial charge in [0.15, 0.2) is 0 Å². The quantitative estimate of drug-likeness (QED) is 0.343. The molecule has 1 fully saturated rings. The zero-order valence-corrected chi connectivity index (χ0v) is 21.0. The third-order valence-corrected chi connectivity index (χ3v) is 7.57. The number of esters is 1. The highest BCUT2D eigenvalue weighted by Gasteiger charge is 2.48. The molecule has 6 nitrogen and oxygen atoms in total. The maximum absolute atomic E-state index is 13.6. The monoisotopic (exact) mass is 497 g/mol. The molecule has 34 heavy (non-hydrogen) atoms. The number of amides is 1. The average molecular weight is 498 g/mol. The molecular formula is C26H28ClN3O3S. The van der Waals surface area contributed by atoms with E-state index in [4.69, 9.17) is 16.3 Å². The molecule has 1 aliphatic rings. The van der Waals surface area contributed by atoms with Crippen molar-refractivity contribution in [2.75, 3.05) is 24.6 Å². The molecule has 0 saturated carbocycles. The Morgan fingerprint density at radius 2 is 2.09 bits per heavy atom. The molecule has 1 unspecified atom stereocenters. The van der Waals surface area contributed by atoms with Crippen molar-refractivity contribution in [1.82, 2.24) is 9.88 Å². The molecule has 0 bridgehead atoms. The van der Waals surface area contributed by atoms with E-state index in [0.717, 1.165) is 27.8 Å². The number of carbonyl (C=O) groups is 2. The van der Waals surface area contributed by atoms with Gasteiger partial charge in [0.2, 0.25) is 0 Å². The van der Waals surface area contributed by atoms with Gasteiger partial charge in [-0.3, -0.25) is 9.59 Å². The van der Waals surface area contributed by atoms with Crippen molar-refractivity contribution < 1.29 is 14.3 Å². The van der Waals surface area contributed by atoms with E-state index in [1.807, 2.05) is 52.4 Å². The van der Waals surface area contributed by atoms with Crippen molar-refractivity contribution in [3.8, 4) is 0 Å². The zero-order valence-electron chi connectivity index (χ0n) is 19.4. The number of ether oxygens (including phenoxy) is 1. The van der Waals surface area contributed by atoms with Gasteiger partial charge in [0, 0.05) is 46.9 Å². The number of fused-ring (bicyclic) bond motifs is 1. The molecular weight excluding hydrogens is 470 g/mol. The number of anilines is 1. The van der Waals surface area contributed by atoms with E-state index in [0.29, 0.717) is 43.4 Å². The Kier molecular flexibility index (Phi) is 7.24. The summed E-state index contributed by atoms with van der Waals surface area (Å²) in [6.07, 6.45) is 3.25. The Morgan fingerprint density at radius 1 is 1.29 bits per heavy atom. The summed E-state index contributed by atoms with van der Waals surface area (Å²) in [4.78, 5) is 33.8. The number of carbonyl (C=O) groups excluding carboxylic acids is 2. The first-order valence-electron chi connectivity index (χ1n) is 11.4. The van der Waals surface area contributed by atoms with E-state index in [1.165, 1.54) is 0 Å². The van der Waals surface area contributed by atoms with Crippen LogP contribution in [-0.2, 0) is 9.53 Å². The van der Waals surface area contributed by atoms with Gasteiger partial charge in [-0.15, -0.1) is 11.3 Å². The summed E-state index contributed by atoms with van der Waals surface area (Å²) in [7, 11) is 0. The largest absolute Gasteiger partial charge is 0.466 e. The summed E-state index contributed by atoms with van der Waals surface area (Å²) < 4.78 is 6.16. The fraction of sp³-hybridized carbons (Fsp3) is 0.346. The van der Waals surface area contributed by atoms with Gasteiger partial charge in [-0.05, 0) is 44.9 Å². The normalized spacial score (nSPS) is 17.3. The van der Waals surface area contributed by atoms with Gasteiger partial charge in [-0.2, -0.15) is 0 Å². The summed E-state index contributed by atoms with van der Waals surface area (Å²) in [6, 6.07) is 11.6. The van der Waals surface area contributed by atoms with E-state index in [2.05, 4.69) is 11.6 Å². The number of thiophene rings is 1. The van der Waals surface area contributed by atoms with Crippen molar-refractivity contribution in [2.45, 2.75) is 38.6 Å². The minimum atomic E-state index is -0.564. The predicted molar refractivity (Wildman–Crippen MR) is 137 cm³/mol. The van der Waals surface area contributed by atoms with Gasteiger partial charge < -0.3 is 14.5 Å². The summed E-state index contributed by atoms with van der Waals surface area (Å²) in [6.45, 7) is 9.78. The van der Waals surface area contributed by atoms with Crippen LogP contribution in [-0.4, -0.2) is 47.0 Å². The molecule has 0 aliphatic carbocycles. The van der Waals surface area contributed by atoms with E-state index >= 15 is 0 Å². The van der Waals surface area contributed by atoms with Crippen LogP contribution in [0.15, 0.2) is 60.3 Å². The van der Waals surface area contributed by atoms with Crippen LogP contribution < -0.4 is 4.90 Å². The molecule has 0 N–H and O–H groups in total. The lowest BCUT2D eigenvalue weighted by atomic mass is 9.82. The van der Waals surface area contributed by atoms with Crippen molar-refractivity contribution in [1.29, 1.82) is 0 Å². The van der Waals surface area contributed by atoms with E-state index in [-0.39, 0.29) is 11.9 Å². The highest BCUT2D eigenvalue weighted by molar-refractivity contribution is 7.17. The Bertz CT molecular complexity index is 1210. The first-order chi connectivity index (χ1) is 16.3. The highest BCUT2D eigenvalue weighted by Crippen LogP contribution is 2.41. The molecule has 8 heteroatoms. The maximum atomic E-state index is 13.6. The van der Waals surface area contributed by atoms with Gasteiger partial charge in [-0.1, -0.05) is 36.4 Å². The van der Waals surface area contributed by atoms with E-state index in [1.54, 1.807) is 30.5 Å². The van der Waals surface area contributed by atoms with Crippen molar-refractivity contribution >= 4 is 50.7 Å². The van der Waals surface area contributed by atoms with Crippen LogP contribution >= 0.6 is 22.9 Å². The van der Waals surface area contributed by atoms with Gasteiger partial charge >= 0.3 is 5.97 Å². The Labute approximate surface area is 208 Å². The second-order valence-corrected chi connectivity index (χ2v) is 9.82. The number of pyridine rings is 1. The van der Waals surface area contributed by atoms with Crippen LogP contribution in [0.2, 0.25) is 5.02 Å². The minimum absolute atomic E-state index is 0.00267. The molecule has 3 aromatic rings. The lowest BCUT2D eigenvalue weighted by Crippen LogP contribution is -2.63. The number of aromatic nitrogens is 1. The molecule has 4 rings (SSSR count). The summed E-state index contributed by atoms with van der Waals surface area (Å²) in [5.41, 5.74) is 0.925. The number of hydrogen-bond donors (Lipinski definition) is 0. The fourth-order valence-electron chi connectivity index (χ4n) is 4.29. The van der Waals surface area contributed by atoms with Crippen molar-refractivity contribution in [3.05, 3.63) is 70.8 Å². The molecule has 1 aliphatic heterocycles. The van der Waals surface area contributed by atoms with Crippen LogP contribution in [0.3, 0.4) is 0 Å². The second-order valence-electron chi connectivity index (χ2n) is 8.47. The van der Waals surface area contributed by atoms with E-state index in [9.17, 15) is 9.59 Å². The SMILES string of the molecule is C=C(N(CCCC(=O)OCC)c1ccc(Cl)cn1)C1(C)CCN1C(=O)c1csc2ccccc12. The predicted octanol–water partition coefficient (Wildman–Crippen LogP) is 5.92. The second kappa shape index (κ2) is 10.2. The highest BCUT2D eigenvalue weighted by atomic mass is 35.5. The molecule has 178 valence electrons. The Hall–Kier alpha value is -2.90. The summed E-state index contributed by atoms with van der Waals surface area (Å²) in [5, 5.41) is 3.45. The maximum Gasteiger partial charge on any atom is 0.305 e. The van der Waals surface area contributed by atoms with Crippen molar-refractivity contribution in [3.63, 3.8) is 0 Å². The molecule has 2 aromatic heterocycles. The van der Waals surface area contributed by atoms with Crippen LogP contribution in [0.4, 0.5) is 5.82 Å². The number of hydrogen-bond acceptors (Lipinski definition) is 6. The number of rotatable bonds is 9. The lowest BCUT2D eigenvalue weighted by molar-refractivity contribution is -0.143. The lowest BCUT2D eigenvalue weighted by Gasteiger charge is -2.53. The van der Waals surface area contributed by atoms with Crippen molar-refractivity contribution in [2.24, 2.45) is 0 Å². The summed E-state index contributed by atoms with van der Waals surface area (Å²) in [5.74, 6) is 0.454. The third kappa shape index (κ3) is 4.68. The molecule has 3 heterocycles. The molecule has 1 aromatic carbocycles. The third-order valence-electron chi connectivity index (χ3n) is 6.38. The molecule has 1 atom stereocenters. The Balaban J connectivity index is 1.57. The van der Waals surface area contributed by atoms with Crippen LogP contribution in [0.1, 0.15) is 43.5 Å². The molecule has 0 radical (unpaired) electrons. The summed E-state index contributed by atoms with van der Waals surface area (Å²) >= 11 is 7.64. The topological polar surface area (TPSA) is 62.7 Å². The Morgan fingerprint density at radius 3 is 2.76 bits per heavy atom. The van der Waals surface area contributed by atoms with Gasteiger partial charge in [-0.25, -0.2) is 4.98 Å². The van der Waals surface area contributed by atoms with Crippen LogP contribution in [0, 0.1) is 0 Å². The fourth-order valence-corrected chi connectivity index (χ4v) is 5.34. The van der Waals surface area contributed by atoms with Crippen LogP contribution in [0.25, 0.3) is 10.1 Å². The molecule has 0 spiro atoms. The smallest absolute Gasteiger partial charge is 0.305 e. The van der Waals surface area contributed by atoms with E-state index < -0.39 is 5.54 Å². The molecule has 1 amide bonds. The first-order valence-corrected chi connectivity index (χ1v) is 12.6. The van der Waals surface area contributed by atoms with Gasteiger partial charge in [0.25, 0.3) is 5.91 Å².